The van der Waals surface area contributed by atoms with Crippen LogP contribution in [-0.2, 0) is 4.74 Å². The third-order valence-corrected chi connectivity index (χ3v) is 5.05. The van der Waals surface area contributed by atoms with Crippen LogP contribution >= 0.6 is 0 Å². The fourth-order valence-corrected chi connectivity index (χ4v) is 3.82. The molecule has 2 fully saturated rings. The highest BCUT2D eigenvalue weighted by Crippen LogP contribution is 2.44. The maximum atomic E-state index is 14.3. The molecule has 0 saturated heterocycles. The van der Waals surface area contributed by atoms with Gasteiger partial charge in [-0.1, -0.05) is 0 Å². The average Bonchev–Trinajstić information content (AvgIpc) is 2.48. The molecule has 6 heteroatoms. The molecule has 0 amide bonds. The second-order valence-electron chi connectivity index (χ2n) is 6.20. The second kappa shape index (κ2) is 7.27. The van der Waals surface area contributed by atoms with Gasteiger partial charge in [-0.15, -0.1) is 0 Å². The molecule has 8 atom stereocenters. The fraction of sp³-hybridized carbons (Fsp3) is 1.00. The van der Waals surface area contributed by atoms with Crippen LogP contribution in [0.2, 0.25) is 0 Å². The van der Waals surface area contributed by atoms with E-state index < -0.39 is 55.2 Å². The Balaban J connectivity index is 2.02. The first-order valence-corrected chi connectivity index (χ1v) is 7.80. The predicted octanol–water partition coefficient (Wildman–Crippen LogP) is 3.17. The number of rotatable bonds is 4. The summed E-state index contributed by atoms with van der Waals surface area (Å²) in [5, 5.41) is 9.01. The third-order valence-electron chi connectivity index (χ3n) is 5.05. The van der Waals surface area contributed by atoms with E-state index in [1.54, 1.807) is 6.92 Å². The maximum absolute atomic E-state index is 14.3. The quantitative estimate of drug-likeness (QED) is 0.808. The van der Waals surface area contributed by atoms with Gasteiger partial charge in [0.2, 0.25) is 0 Å². The Bertz CT molecular complexity index is 331. The molecule has 0 heterocycles. The Labute approximate surface area is 122 Å². The highest BCUT2D eigenvalue weighted by atomic mass is 19.2. The van der Waals surface area contributed by atoms with E-state index in [2.05, 4.69) is 0 Å². The van der Waals surface area contributed by atoms with Crippen molar-refractivity contribution in [3.63, 3.8) is 0 Å². The lowest BCUT2D eigenvalue weighted by Crippen LogP contribution is -2.50. The lowest BCUT2D eigenvalue weighted by Gasteiger charge is -2.43. The molecule has 0 aromatic heterocycles. The van der Waals surface area contributed by atoms with Gasteiger partial charge in [0.25, 0.3) is 0 Å². The van der Waals surface area contributed by atoms with Gasteiger partial charge in [-0.05, 0) is 44.4 Å². The van der Waals surface area contributed by atoms with E-state index in [-0.39, 0.29) is 0 Å². The lowest BCUT2D eigenvalue weighted by atomic mass is 9.68. The van der Waals surface area contributed by atoms with Gasteiger partial charge in [0.1, 0.15) is 18.5 Å². The van der Waals surface area contributed by atoms with Crippen molar-refractivity contribution in [2.45, 2.75) is 63.4 Å². The highest BCUT2D eigenvalue weighted by molar-refractivity contribution is 4.98. The van der Waals surface area contributed by atoms with Gasteiger partial charge in [0, 0.05) is 19.1 Å². The molecule has 0 spiro atoms. The summed E-state index contributed by atoms with van der Waals surface area (Å²) in [6.45, 7) is 1.62. The standard InChI is InChI=1S/C15H24F4O2/c1-2-21-11-6-5-10(14(18)15(11)19)9-4-3-8(7-20)12(16)13(9)17/h8-15,20H,2-7H2,1H3. The van der Waals surface area contributed by atoms with Crippen LogP contribution < -0.4 is 0 Å². The third kappa shape index (κ3) is 3.36. The Morgan fingerprint density at radius 1 is 0.857 bits per heavy atom. The first-order chi connectivity index (χ1) is 10.0. The van der Waals surface area contributed by atoms with Crippen LogP contribution in [0.5, 0.6) is 0 Å². The van der Waals surface area contributed by atoms with Crippen LogP contribution in [0.4, 0.5) is 17.6 Å². The van der Waals surface area contributed by atoms with Crippen molar-refractivity contribution in [1.29, 1.82) is 0 Å². The minimum Gasteiger partial charge on any atom is -0.396 e. The summed E-state index contributed by atoms with van der Waals surface area (Å²) in [4.78, 5) is 0. The summed E-state index contributed by atoms with van der Waals surface area (Å²) >= 11 is 0. The minimum atomic E-state index is -1.82. The van der Waals surface area contributed by atoms with Crippen molar-refractivity contribution in [2.75, 3.05) is 13.2 Å². The number of aliphatic hydroxyl groups is 1. The molecular formula is C15H24F4O2. The normalized spacial score (nSPS) is 48.3. The molecule has 124 valence electrons. The zero-order valence-corrected chi connectivity index (χ0v) is 12.2. The van der Waals surface area contributed by atoms with E-state index in [1.165, 1.54) is 0 Å². The number of ether oxygens (including phenoxy) is 1. The minimum absolute atomic E-state index is 0.296. The van der Waals surface area contributed by atoms with Crippen LogP contribution in [0.15, 0.2) is 0 Å². The average molecular weight is 312 g/mol. The number of alkyl halides is 4. The summed E-state index contributed by atoms with van der Waals surface area (Å²) in [6, 6.07) is 0. The van der Waals surface area contributed by atoms with Gasteiger partial charge in [0.05, 0.1) is 6.10 Å². The molecule has 2 saturated carbocycles. The molecule has 2 aliphatic carbocycles. The van der Waals surface area contributed by atoms with Gasteiger partial charge in [-0.25, -0.2) is 17.6 Å². The molecule has 0 bridgehead atoms. The zero-order chi connectivity index (χ0) is 15.6. The Hall–Kier alpha value is -0.360. The molecule has 2 nitrogen and oxygen atoms in total. The van der Waals surface area contributed by atoms with Gasteiger partial charge >= 0.3 is 0 Å². The Morgan fingerprint density at radius 3 is 2.00 bits per heavy atom. The molecule has 0 aromatic carbocycles. The Kier molecular flexibility index (Phi) is 5.88. The predicted molar refractivity (Wildman–Crippen MR) is 71.0 cm³/mol. The molecule has 21 heavy (non-hydrogen) atoms. The van der Waals surface area contributed by atoms with E-state index in [9.17, 15) is 17.6 Å². The molecule has 0 aromatic rings. The molecular weight excluding hydrogens is 288 g/mol. The largest absolute Gasteiger partial charge is 0.396 e. The summed E-state index contributed by atoms with van der Waals surface area (Å²) in [6.07, 6.45) is -6.71. The van der Waals surface area contributed by atoms with Gasteiger partial charge in [0.15, 0.2) is 6.17 Å². The molecule has 2 rings (SSSR count). The maximum Gasteiger partial charge on any atom is 0.157 e. The van der Waals surface area contributed by atoms with Crippen molar-refractivity contribution >= 4 is 0 Å². The van der Waals surface area contributed by atoms with Gasteiger partial charge in [-0.3, -0.25) is 0 Å². The lowest BCUT2D eigenvalue weighted by molar-refractivity contribution is -0.104. The highest BCUT2D eigenvalue weighted by Gasteiger charge is 2.50. The van der Waals surface area contributed by atoms with Crippen molar-refractivity contribution in [3.05, 3.63) is 0 Å². The van der Waals surface area contributed by atoms with Gasteiger partial charge < -0.3 is 9.84 Å². The van der Waals surface area contributed by atoms with E-state index in [1.807, 2.05) is 0 Å². The first-order valence-electron chi connectivity index (χ1n) is 7.80. The zero-order valence-electron chi connectivity index (χ0n) is 12.2. The van der Waals surface area contributed by atoms with E-state index >= 15 is 0 Å². The molecule has 0 radical (unpaired) electrons. The van der Waals surface area contributed by atoms with Crippen LogP contribution in [0.1, 0.15) is 32.6 Å². The monoisotopic (exact) mass is 312 g/mol. The number of halogens is 4. The van der Waals surface area contributed by atoms with Crippen molar-refractivity contribution in [1.82, 2.24) is 0 Å². The topological polar surface area (TPSA) is 29.5 Å². The second-order valence-corrected chi connectivity index (χ2v) is 6.20. The van der Waals surface area contributed by atoms with Gasteiger partial charge in [-0.2, -0.15) is 0 Å². The van der Waals surface area contributed by atoms with Crippen LogP contribution in [0.3, 0.4) is 0 Å². The van der Waals surface area contributed by atoms with E-state index in [0.717, 1.165) is 0 Å². The Morgan fingerprint density at radius 2 is 1.43 bits per heavy atom. The van der Waals surface area contributed by atoms with Crippen molar-refractivity contribution in [3.8, 4) is 0 Å². The van der Waals surface area contributed by atoms with Crippen LogP contribution in [0, 0.1) is 17.8 Å². The first kappa shape index (κ1) is 17.0. The summed E-state index contributed by atoms with van der Waals surface area (Å²) < 4.78 is 61.6. The SMILES string of the molecule is CCOC1CCC(C2CCC(CO)C(F)C2F)C(F)C1F. The summed E-state index contributed by atoms with van der Waals surface area (Å²) in [5.41, 5.74) is 0. The van der Waals surface area contributed by atoms with Crippen molar-refractivity contribution in [2.24, 2.45) is 17.8 Å². The molecule has 2 aliphatic rings. The summed E-state index contributed by atoms with van der Waals surface area (Å²) in [5.74, 6) is -2.33. The number of hydrogen-bond donors (Lipinski definition) is 1. The molecule has 8 unspecified atom stereocenters. The molecule has 0 aliphatic heterocycles. The van der Waals surface area contributed by atoms with Crippen LogP contribution in [-0.4, -0.2) is 49.1 Å². The number of hydrogen-bond acceptors (Lipinski definition) is 2. The number of aliphatic hydroxyl groups excluding tert-OH is 1. The van der Waals surface area contributed by atoms with Crippen LogP contribution in [0.25, 0.3) is 0 Å². The smallest absolute Gasteiger partial charge is 0.157 e. The summed E-state index contributed by atoms with van der Waals surface area (Å²) in [7, 11) is 0. The van der Waals surface area contributed by atoms with E-state index in [0.29, 0.717) is 32.3 Å². The molecule has 1 N–H and O–H groups in total. The van der Waals surface area contributed by atoms with Crippen molar-refractivity contribution < 1.29 is 27.4 Å². The van der Waals surface area contributed by atoms with E-state index in [4.69, 9.17) is 9.84 Å². The fourth-order valence-electron chi connectivity index (χ4n) is 3.82.